The van der Waals surface area contributed by atoms with Crippen molar-refractivity contribution in [1.82, 2.24) is 9.29 Å². The van der Waals surface area contributed by atoms with Gasteiger partial charge in [-0.2, -0.15) is 12.7 Å². The topological polar surface area (TPSA) is 88.3 Å². The largest absolute Gasteiger partial charge is 0.326 e. The Hall–Kier alpha value is -1.00. The first-order chi connectivity index (χ1) is 10.1. The fourth-order valence-corrected chi connectivity index (χ4v) is 5.28. The van der Waals surface area contributed by atoms with Crippen molar-refractivity contribution in [3.8, 4) is 10.6 Å². The number of hydrogen-bond acceptors (Lipinski definition) is 6. The van der Waals surface area contributed by atoms with Crippen molar-refractivity contribution in [1.29, 1.82) is 0 Å². The molecule has 0 atom stereocenters. The maximum absolute atomic E-state index is 12.2. The number of aromatic nitrogens is 1. The van der Waals surface area contributed by atoms with E-state index in [2.05, 4.69) is 9.71 Å². The summed E-state index contributed by atoms with van der Waals surface area (Å²) in [6.07, 6.45) is 1.84. The van der Waals surface area contributed by atoms with Gasteiger partial charge in [-0.05, 0) is 25.0 Å². The van der Waals surface area contributed by atoms with Crippen LogP contribution in [0.4, 0.5) is 5.13 Å². The van der Waals surface area contributed by atoms with Gasteiger partial charge in [0.2, 0.25) is 0 Å². The summed E-state index contributed by atoms with van der Waals surface area (Å²) in [5.74, 6) is 0. The second-order valence-corrected chi connectivity index (χ2v) is 8.42. The zero-order valence-electron chi connectivity index (χ0n) is 11.3. The summed E-state index contributed by atoms with van der Waals surface area (Å²) >= 11 is 2.87. The number of hydrogen-bond donors (Lipinski definition) is 2. The predicted octanol–water partition coefficient (Wildman–Crippen LogP) is 2.08. The van der Waals surface area contributed by atoms with E-state index in [0.29, 0.717) is 24.8 Å². The Balaban J connectivity index is 1.75. The van der Waals surface area contributed by atoms with E-state index in [1.54, 1.807) is 11.3 Å². The van der Waals surface area contributed by atoms with Crippen LogP contribution in [-0.2, 0) is 16.8 Å². The monoisotopic (exact) mass is 344 g/mol. The van der Waals surface area contributed by atoms with E-state index in [1.165, 1.54) is 15.6 Å². The third kappa shape index (κ3) is 3.27. The molecule has 0 radical (unpaired) electrons. The van der Waals surface area contributed by atoms with Crippen molar-refractivity contribution >= 4 is 38.0 Å². The SMILES string of the molecule is NCc1ccc(-c2csc(NS(=O)(=O)N3CCCC3)n2)s1. The quantitative estimate of drug-likeness (QED) is 0.869. The van der Waals surface area contributed by atoms with Crippen LogP contribution in [0.2, 0.25) is 0 Å². The van der Waals surface area contributed by atoms with Gasteiger partial charge in [0, 0.05) is 29.9 Å². The molecule has 0 aliphatic carbocycles. The van der Waals surface area contributed by atoms with E-state index in [1.807, 2.05) is 17.5 Å². The molecule has 1 fully saturated rings. The highest BCUT2D eigenvalue weighted by Gasteiger charge is 2.26. The zero-order valence-corrected chi connectivity index (χ0v) is 13.7. The molecule has 0 spiro atoms. The lowest BCUT2D eigenvalue weighted by Gasteiger charge is -2.14. The molecule has 0 amide bonds. The van der Waals surface area contributed by atoms with E-state index in [4.69, 9.17) is 5.73 Å². The molecule has 0 bridgehead atoms. The van der Waals surface area contributed by atoms with Gasteiger partial charge in [0.1, 0.15) is 0 Å². The van der Waals surface area contributed by atoms with Gasteiger partial charge < -0.3 is 5.73 Å². The van der Waals surface area contributed by atoms with Crippen molar-refractivity contribution in [2.45, 2.75) is 19.4 Å². The molecule has 1 aliphatic rings. The van der Waals surface area contributed by atoms with Gasteiger partial charge >= 0.3 is 10.2 Å². The Bertz CT molecular complexity index is 716. The average molecular weight is 344 g/mol. The minimum Gasteiger partial charge on any atom is -0.326 e. The molecule has 3 N–H and O–H groups in total. The van der Waals surface area contributed by atoms with Crippen LogP contribution in [0.25, 0.3) is 10.6 Å². The fraction of sp³-hybridized carbons (Fsp3) is 0.417. The van der Waals surface area contributed by atoms with E-state index in [9.17, 15) is 8.42 Å². The highest BCUT2D eigenvalue weighted by Crippen LogP contribution is 2.31. The fourth-order valence-electron chi connectivity index (χ4n) is 2.16. The molecule has 0 unspecified atom stereocenters. The van der Waals surface area contributed by atoms with Crippen LogP contribution in [0.3, 0.4) is 0 Å². The van der Waals surface area contributed by atoms with Crippen LogP contribution < -0.4 is 10.5 Å². The number of nitrogens with one attached hydrogen (secondary N) is 1. The van der Waals surface area contributed by atoms with Gasteiger partial charge in [-0.3, -0.25) is 0 Å². The summed E-state index contributed by atoms with van der Waals surface area (Å²) in [5.41, 5.74) is 6.38. The third-order valence-electron chi connectivity index (χ3n) is 3.24. The first-order valence-corrected chi connectivity index (χ1v) is 9.75. The first kappa shape index (κ1) is 14.9. The molecule has 6 nitrogen and oxygen atoms in total. The number of thiophene rings is 1. The van der Waals surface area contributed by atoms with Crippen LogP contribution in [0.1, 0.15) is 17.7 Å². The molecule has 3 heterocycles. The summed E-state index contributed by atoms with van der Waals surface area (Å²) < 4.78 is 28.4. The van der Waals surface area contributed by atoms with Gasteiger partial charge in [-0.1, -0.05) is 0 Å². The number of nitrogens with zero attached hydrogens (tertiary/aromatic N) is 2. The normalized spacial score (nSPS) is 16.4. The van der Waals surface area contributed by atoms with E-state index >= 15 is 0 Å². The second-order valence-electron chi connectivity index (χ2n) is 4.72. The lowest BCUT2D eigenvalue weighted by atomic mass is 10.4. The molecule has 0 aromatic carbocycles. The van der Waals surface area contributed by atoms with E-state index < -0.39 is 10.2 Å². The minimum absolute atomic E-state index is 0.402. The molecule has 1 aliphatic heterocycles. The Labute approximate surface area is 131 Å². The molecule has 114 valence electrons. The molecular formula is C12H16N4O2S3. The van der Waals surface area contributed by atoms with Crippen LogP contribution in [0.15, 0.2) is 17.5 Å². The molecule has 0 saturated carbocycles. The number of rotatable bonds is 5. The van der Waals surface area contributed by atoms with Gasteiger partial charge in [0.15, 0.2) is 5.13 Å². The van der Waals surface area contributed by atoms with Crippen molar-refractivity contribution in [3.05, 3.63) is 22.4 Å². The van der Waals surface area contributed by atoms with Crippen molar-refractivity contribution in [3.63, 3.8) is 0 Å². The zero-order chi connectivity index (χ0) is 14.9. The molecule has 1 saturated heterocycles. The summed E-state index contributed by atoms with van der Waals surface area (Å²) in [6.45, 7) is 1.67. The standard InChI is InChI=1S/C12H16N4O2S3/c13-7-9-3-4-11(20-9)10-8-19-12(14-10)15-21(17,18)16-5-1-2-6-16/h3-4,8H,1-2,5-7,13H2,(H,14,15). The molecule has 9 heteroatoms. The number of anilines is 1. The Morgan fingerprint density at radius 2 is 2.10 bits per heavy atom. The molecule has 3 rings (SSSR count). The summed E-state index contributed by atoms with van der Waals surface area (Å²) in [7, 11) is -3.47. The third-order valence-corrected chi connectivity index (χ3v) is 6.75. The molecule has 2 aromatic rings. The van der Waals surface area contributed by atoms with Gasteiger partial charge in [-0.25, -0.2) is 9.71 Å². The lowest BCUT2D eigenvalue weighted by Crippen LogP contribution is -2.33. The Morgan fingerprint density at radius 1 is 1.33 bits per heavy atom. The lowest BCUT2D eigenvalue weighted by molar-refractivity contribution is 0.482. The number of nitrogens with two attached hydrogens (primary N) is 1. The van der Waals surface area contributed by atoms with Crippen LogP contribution in [0.5, 0.6) is 0 Å². The number of thiazole rings is 1. The smallest absolute Gasteiger partial charge is 0.303 e. The summed E-state index contributed by atoms with van der Waals surface area (Å²) in [4.78, 5) is 6.44. The Morgan fingerprint density at radius 3 is 2.76 bits per heavy atom. The minimum atomic E-state index is -3.47. The highest BCUT2D eigenvalue weighted by atomic mass is 32.2. The van der Waals surface area contributed by atoms with Gasteiger partial charge in [0.05, 0.1) is 10.6 Å². The van der Waals surface area contributed by atoms with Crippen molar-refractivity contribution < 1.29 is 8.42 Å². The first-order valence-electron chi connectivity index (χ1n) is 6.61. The maximum atomic E-state index is 12.2. The maximum Gasteiger partial charge on any atom is 0.303 e. The highest BCUT2D eigenvalue weighted by molar-refractivity contribution is 7.90. The summed E-state index contributed by atoms with van der Waals surface area (Å²) in [5, 5.41) is 2.26. The predicted molar refractivity (Wildman–Crippen MR) is 86.7 cm³/mol. The summed E-state index contributed by atoms with van der Waals surface area (Å²) in [6, 6.07) is 3.92. The van der Waals surface area contributed by atoms with Crippen LogP contribution in [-0.4, -0.2) is 30.8 Å². The van der Waals surface area contributed by atoms with Crippen molar-refractivity contribution in [2.24, 2.45) is 5.73 Å². The molecule has 21 heavy (non-hydrogen) atoms. The molecular weight excluding hydrogens is 328 g/mol. The van der Waals surface area contributed by atoms with Gasteiger partial charge in [-0.15, -0.1) is 22.7 Å². The van der Waals surface area contributed by atoms with Crippen LogP contribution in [0, 0.1) is 0 Å². The average Bonchev–Trinajstić information content (AvgIpc) is 3.19. The van der Waals surface area contributed by atoms with Gasteiger partial charge in [0.25, 0.3) is 0 Å². The van der Waals surface area contributed by atoms with Crippen molar-refractivity contribution in [2.75, 3.05) is 17.8 Å². The van der Waals surface area contributed by atoms with E-state index in [0.717, 1.165) is 28.3 Å². The second kappa shape index (κ2) is 6.01. The van der Waals surface area contributed by atoms with Crippen LogP contribution >= 0.6 is 22.7 Å². The van der Waals surface area contributed by atoms with E-state index in [-0.39, 0.29) is 0 Å². The molecule has 2 aromatic heterocycles. The Kier molecular flexibility index (Phi) is 4.27.